The molecule has 0 aromatic carbocycles. The van der Waals surface area contributed by atoms with Crippen molar-refractivity contribution < 1.29 is 0 Å². The molecule has 0 saturated carbocycles. The molecule has 2 aromatic heterocycles. The lowest BCUT2D eigenvalue weighted by molar-refractivity contribution is 0.319. The van der Waals surface area contributed by atoms with Crippen LogP contribution in [-0.2, 0) is 13.6 Å². The molecule has 1 unspecified atom stereocenters. The summed E-state index contributed by atoms with van der Waals surface area (Å²) in [6.45, 7) is 6.18. The highest BCUT2D eigenvalue weighted by molar-refractivity contribution is 5.37. The fourth-order valence-electron chi connectivity index (χ4n) is 3.19. The average Bonchev–Trinajstić information content (AvgIpc) is 3.12. The molecule has 3 rings (SSSR count). The summed E-state index contributed by atoms with van der Waals surface area (Å²) in [5, 5.41) is 12.5. The maximum absolute atomic E-state index is 9.03. The van der Waals surface area contributed by atoms with Gasteiger partial charge >= 0.3 is 0 Å². The van der Waals surface area contributed by atoms with Crippen molar-refractivity contribution in [3.63, 3.8) is 0 Å². The molecule has 1 N–H and O–H groups in total. The van der Waals surface area contributed by atoms with Crippen molar-refractivity contribution in [3.05, 3.63) is 47.4 Å². The standard InChI is InChI=1S/C18H23N5/c1-14-3-5-20-18(7-14)21-10-15-4-6-23(12-15)13-16-8-17(9-19)22(2)11-16/h3,5,7-8,11,15H,4,6,10,12-13H2,1-2H3,(H,20,21). The summed E-state index contributed by atoms with van der Waals surface area (Å²) >= 11 is 0. The van der Waals surface area contributed by atoms with Gasteiger partial charge in [-0.15, -0.1) is 0 Å². The molecule has 0 aliphatic carbocycles. The maximum atomic E-state index is 9.03. The smallest absolute Gasteiger partial charge is 0.126 e. The van der Waals surface area contributed by atoms with Crippen LogP contribution in [0, 0.1) is 24.2 Å². The Morgan fingerprint density at radius 1 is 1.43 bits per heavy atom. The van der Waals surface area contributed by atoms with Crippen molar-refractivity contribution in [1.29, 1.82) is 5.26 Å². The van der Waals surface area contributed by atoms with Crippen molar-refractivity contribution >= 4 is 5.82 Å². The Hall–Kier alpha value is -2.32. The number of nitrogens with zero attached hydrogens (tertiary/aromatic N) is 4. The molecule has 23 heavy (non-hydrogen) atoms. The summed E-state index contributed by atoms with van der Waals surface area (Å²) < 4.78 is 1.90. The minimum Gasteiger partial charge on any atom is -0.370 e. The van der Waals surface area contributed by atoms with Crippen molar-refractivity contribution in [3.8, 4) is 6.07 Å². The fourth-order valence-corrected chi connectivity index (χ4v) is 3.19. The molecule has 0 amide bonds. The van der Waals surface area contributed by atoms with Crippen molar-refractivity contribution in [2.24, 2.45) is 13.0 Å². The molecule has 3 heterocycles. The highest BCUT2D eigenvalue weighted by Crippen LogP contribution is 2.20. The minimum atomic E-state index is 0.650. The Bertz CT molecular complexity index is 712. The summed E-state index contributed by atoms with van der Waals surface area (Å²) in [7, 11) is 1.92. The molecule has 2 aromatic rings. The molecular weight excluding hydrogens is 286 g/mol. The highest BCUT2D eigenvalue weighted by atomic mass is 15.2. The normalized spacial score (nSPS) is 18.0. The molecule has 1 atom stereocenters. The van der Waals surface area contributed by atoms with Gasteiger partial charge < -0.3 is 9.88 Å². The fraction of sp³-hybridized carbons (Fsp3) is 0.444. The van der Waals surface area contributed by atoms with Crippen LogP contribution in [0.3, 0.4) is 0 Å². The number of nitriles is 1. The van der Waals surface area contributed by atoms with Gasteiger partial charge in [-0.05, 0) is 55.1 Å². The van der Waals surface area contributed by atoms with Gasteiger partial charge in [-0.25, -0.2) is 4.98 Å². The largest absolute Gasteiger partial charge is 0.370 e. The lowest BCUT2D eigenvalue weighted by Gasteiger charge is -2.15. The van der Waals surface area contributed by atoms with Crippen LogP contribution in [0.25, 0.3) is 0 Å². The van der Waals surface area contributed by atoms with Crippen LogP contribution in [-0.4, -0.2) is 34.1 Å². The number of anilines is 1. The first-order chi connectivity index (χ1) is 11.1. The second-order valence-electron chi connectivity index (χ2n) is 6.45. The predicted molar refractivity (Wildman–Crippen MR) is 91.0 cm³/mol. The molecule has 1 aliphatic rings. The van der Waals surface area contributed by atoms with E-state index in [2.05, 4.69) is 40.5 Å². The second-order valence-corrected chi connectivity index (χ2v) is 6.45. The first-order valence-corrected chi connectivity index (χ1v) is 8.08. The van der Waals surface area contributed by atoms with E-state index in [4.69, 9.17) is 5.26 Å². The van der Waals surface area contributed by atoms with Gasteiger partial charge in [-0.3, -0.25) is 4.90 Å². The van der Waals surface area contributed by atoms with Crippen LogP contribution in [0.1, 0.15) is 23.2 Å². The van der Waals surface area contributed by atoms with E-state index < -0.39 is 0 Å². The third kappa shape index (κ3) is 3.91. The Balaban J connectivity index is 1.49. The van der Waals surface area contributed by atoms with Crippen LogP contribution in [0.15, 0.2) is 30.6 Å². The molecule has 120 valence electrons. The van der Waals surface area contributed by atoms with E-state index in [0.29, 0.717) is 5.92 Å². The molecule has 1 aliphatic heterocycles. The summed E-state index contributed by atoms with van der Waals surface area (Å²) in [5.74, 6) is 1.61. The zero-order valence-electron chi connectivity index (χ0n) is 13.8. The number of hydrogen-bond acceptors (Lipinski definition) is 4. The quantitative estimate of drug-likeness (QED) is 0.922. The van der Waals surface area contributed by atoms with Gasteiger partial charge in [-0.2, -0.15) is 5.26 Å². The van der Waals surface area contributed by atoms with E-state index in [-0.39, 0.29) is 0 Å². The van der Waals surface area contributed by atoms with E-state index in [1.165, 1.54) is 17.5 Å². The lowest BCUT2D eigenvalue weighted by atomic mass is 10.1. The number of likely N-dealkylation sites (tertiary alicyclic amines) is 1. The zero-order chi connectivity index (χ0) is 16.2. The van der Waals surface area contributed by atoms with E-state index in [0.717, 1.165) is 37.7 Å². The minimum absolute atomic E-state index is 0.650. The highest BCUT2D eigenvalue weighted by Gasteiger charge is 2.22. The number of nitrogens with one attached hydrogen (secondary N) is 1. The second kappa shape index (κ2) is 6.84. The predicted octanol–water partition coefficient (Wildman–Crippen LogP) is 2.53. The van der Waals surface area contributed by atoms with E-state index in [1.807, 2.05) is 29.9 Å². The Morgan fingerprint density at radius 2 is 2.30 bits per heavy atom. The number of pyridine rings is 1. The lowest BCUT2D eigenvalue weighted by Crippen LogP contribution is -2.22. The van der Waals surface area contributed by atoms with E-state index in [9.17, 15) is 0 Å². The molecular formula is C18H23N5. The van der Waals surface area contributed by atoms with Crippen LogP contribution in [0.5, 0.6) is 0 Å². The zero-order valence-corrected chi connectivity index (χ0v) is 13.8. The number of rotatable bonds is 5. The SMILES string of the molecule is Cc1ccnc(NCC2CCN(Cc3cc(C#N)n(C)c3)C2)c1. The van der Waals surface area contributed by atoms with E-state index >= 15 is 0 Å². The van der Waals surface area contributed by atoms with E-state index in [1.54, 1.807) is 0 Å². The Labute approximate surface area is 137 Å². The van der Waals surface area contributed by atoms with Crippen LogP contribution < -0.4 is 5.32 Å². The van der Waals surface area contributed by atoms with Gasteiger partial charge in [0, 0.05) is 39.1 Å². The first-order valence-electron chi connectivity index (χ1n) is 8.08. The monoisotopic (exact) mass is 309 g/mol. The number of aromatic nitrogens is 2. The third-order valence-corrected chi connectivity index (χ3v) is 4.44. The molecule has 1 saturated heterocycles. The molecule has 0 spiro atoms. The molecule has 0 bridgehead atoms. The van der Waals surface area contributed by atoms with Gasteiger partial charge in [0.05, 0.1) is 0 Å². The molecule has 5 heteroatoms. The van der Waals surface area contributed by atoms with Crippen molar-refractivity contribution in [1.82, 2.24) is 14.5 Å². The Morgan fingerprint density at radius 3 is 3.04 bits per heavy atom. The van der Waals surface area contributed by atoms with Gasteiger partial charge in [0.2, 0.25) is 0 Å². The average molecular weight is 309 g/mol. The van der Waals surface area contributed by atoms with Gasteiger partial charge in [0.15, 0.2) is 0 Å². The Kier molecular flexibility index (Phi) is 4.63. The topological polar surface area (TPSA) is 56.9 Å². The summed E-state index contributed by atoms with van der Waals surface area (Å²) in [6.07, 6.45) is 5.11. The van der Waals surface area contributed by atoms with Crippen molar-refractivity contribution in [2.75, 3.05) is 25.0 Å². The van der Waals surface area contributed by atoms with Crippen LogP contribution >= 0.6 is 0 Å². The number of hydrogen-bond donors (Lipinski definition) is 1. The van der Waals surface area contributed by atoms with Gasteiger partial charge in [-0.1, -0.05) is 0 Å². The van der Waals surface area contributed by atoms with Gasteiger partial charge in [0.1, 0.15) is 17.6 Å². The third-order valence-electron chi connectivity index (χ3n) is 4.44. The van der Waals surface area contributed by atoms with Gasteiger partial charge in [0.25, 0.3) is 0 Å². The van der Waals surface area contributed by atoms with Crippen molar-refractivity contribution in [2.45, 2.75) is 19.9 Å². The summed E-state index contributed by atoms with van der Waals surface area (Å²) in [5.41, 5.74) is 3.17. The first kappa shape index (κ1) is 15.6. The van der Waals surface area contributed by atoms with Crippen LogP contribution in [0.2, 0.25) is 0 Å². The molecule has 0 radical (unpaired) electrons. The molecule has 1 fully saturated rings. The van der Waals surface area contributed by atoms with Crippen LogP contribution in [0.4, 0.5) is 5.82 Å². The summed E-state index contributed by atoms with van der Waals surface area (Å²) in [6, 6.07) is 8.30. The maximum Gasteiger partial charge on any atom is 0.126 e. The molecule has 5 nitrogen and oxygen atoms in total. The summed E-state index contributed by atoms with van der Waals surface area (Å²) in [4.78, 5) is 6.82. The number of aryl methyl sites for hydroxylation is 2.